The Morgan fingerprint density at radius 1 is 1.28 bits per heavy atom. The molecule has 0 heterocycles. The van der Waals surface area contributed by atoms with Crippen molar-refractivity contribution in [1.29, 1.82) is 0 Å². The monoisotopic (exact) mass is 271 g/mol. The van der Waals surface area contributed by atoms with Gasteiger partial charge in [-0.05, 0) is 19.1 Å². The summed E-state index contributed by atoms with van der Waals surface area (Å²) in [6, 6.07) is 6.12. The van der Waals surface area contributed by atoms with Crippen LogP contribution in [-0.4, -0.2) is 25.9 Å². The van der Waals surface area contributed by atoms with Crippen LogP contribution < -0.4 is 10.1 Å². The van der Waals surface area contributed by atoms with Crippen LogP contribution in [0.3, 0.4) is 0 Å². The van der Waals surface area contributed by atoms with Crippen LogP contribution in [-0.2, 0) is 11.3 Å². The lowest BCUT2D eigenvalue weighted by Crippen LogP contribution is -2.23. The van der Waals surface area contributed by atoms with E-state index in [2.05, 4.69) is 19.2 Å². The van der Waals surface area contributed by atoms with Crippen molar-refractivity contribution in [1.82, 2.24) is 5.32 Å². The molecule has 0 aliphatic carbocycles. The molecule has 1 aromatic rings. The smallest absolute Gasteiger partial charge is 0.125 e. The molecular weight excluding hydrogens is 250 g/mol. The number of rotatable bonds is 7. The summed E-state index contributed by atoms with van der Waals surface area (Å²) in [5.41, 5.74) is 0.996. The van der Waals surface area contributed by atoms with Gasteiger partial charge in [-0.15, -0.1) is 0 Å². The first-order valence-corrected chi connectivity index (χ1v) is 6.58. The molecular formula is C14H22ClNO2. The SMILES string of the molecule is COC(C)COc1cccc(Cl)c1CNC(C)C. The van der Waals surface area contributed by atoms with Crippen LogP contribution in [0.2, 0.25) is 5.02 Å². The number of hydrogen-bond acceptors (Lipinski definition) is 3. The van der Waals surface area contributed by atoms with Crippen LogP contribution >= 0.6 is 11.6 Å². The summed E-state index contributed by atoms with van der Waals surface area (Å²) in [5.74, 6) is 0.819. The third kappa shape index (κ3) is 4.84. The van der Waals surface area contributed by atoms with Crippen LogP contribution in [0.25, 0.3) is 0 Å². The van der Waals surface area contributed by atoms with E-state index in [1.807, 2.05) is 25.1 Å². The van der Waals surface area contributed by atoms with E-state index in [1.54, 1.807) is 7.11 Å². The van der Waals surface area contributed by atoms with Crippen LogP contribution in [0.1, 0.15) is 26.3 Å². The van der Waals surface area contributed by atoms with E-state index in [4.69, 9.17) is 21.1 Å². The molecule has 0 saturated carbocycles. The van der Waals surface area contributed by atoms with Crippen molar-refractivity contribution in [2.24, 2.45) is 0 Å². The number of nitrogens with one attached hydrogen (secondary N) is 1. The van der Waals surface area contributed by atoms with Crippen molar-refractivity contribution in [3.8, 4) is 5.75 Å². The normalized spacial score (nSPS) is 12.8. The molecule has 0 aliphatic heterocycles. The molecule has 0 fully saturated rings. The van der Waals surface area contributed by atoms with Crippen LogP contribution in [0.15, 0.2) is 18.2 Å². The largest absolute Gasteiger partial charge is 0.491 e. The molecule has 18 heavy (non-hydrogen) atoms. The minimum absolute atomic E-state index is 0.0647. The molecule has 0 aliphatic rings. The van der Waals surface area contributed by atoms with Gasteiger partial charge >= 0.3 is 0 Å². The second-order valence-corrected chi connectivity index (χ2v) is 5.02. The van der Waals surface area contributed by atoms with E-state index < -0.39 is 0 Å². The Morgan fingerprint density at radius 3 is 2.61 bits per heavy atom. The van der Waals surface area contributed by atoms with Crippen LogP contribution in [0.5, 0.6) is 5.75 Å². The predicted octanol–water partition coefficient (Wildman–Crippen LogP) is 3.25. The van der Waals surface area contributed by atoms with E-state index in [0.29, 0.717) is 19.2 Å². The second kappa shape index (κ2) is 7.62. The molecule has 0 spiro atoms. The van der Waals surface area contributed by atoms with Gasteiger partial charge in [-0.2, -0.15) is 0 Å². The first-order valence-electron chi connectivity index (χ1n) is 6.21. The van der Waals surface area contributed by atoms with Crippen molar-refractivity contribution in [3.63, 3.8) is 0 Å². The number of halogens is 1. The Balaban J connectivity index is 2.73. The first kappa shape index (κ1) is 15.3. The fraction of sp³-hybridized carbons (Fsp3) is 0.571. The maximum atomic E-state index is 6.21. The van der Waals surface area contributed by atoms with Crippen LogP contribution in [0.4, 0.5) is 0 Å². The zero-order chi connectivity index (χ0) is 13.5. The number of hydrogen-bond donors (Lipinski definition) is 1. The van der Waals surface area contributed by atoms with E-state index in [9.17, 15) is 0 Å². The summed E-state index contributed by atoms with van der Waals surface area (Å²) in [6.07, 6.45) is 0.0647. The highest BCUT2D eigenvalue weighted by molar-refractivity contribution is 6.31. The minimum atomic E-state index is 0.0647. The molecule has 1 atom stereocenters. The molecule has 1 rings (SSSR count). The third-order valence-corrected chi connectivity index (χ3v) is 2.99. The Kier molecular flexibility index (Phi) is 6.47. The zero-order valence-electron chi connectivity index (χ0n) is 11.5. The van der Waals surface area contributed by atoms with Crippen molar-refractivity contribution >= 4 is 11.6 Å². The molecule has 0 saturated heterocycles. The quantitative estimate of drug-likeness (QED) is 0.826. The predicted molar refractivity (Wildman–Crippen MR) is 75.4 cm³/mol. The summed E-state index contributed by atoms with van der Waals surface area (Å²) in [4.78, 5) is 0. The zero-order valence-corrected chi connectivity index (χ0v) is 12.3. The van der Waals surface area contributed by atoms with Crippen molar-refractivity contribution in [2.75, 3.05) is 13.7 Å². The lowest BCUT2D eigenvalue weighted by molar-refractivity contribution is 0.0712. The summed E-state index contributed by atoms with van der Waals surface area (Å²) < 4.78 is 10.9. The van der Waals surface area contributed by atoms with E-state index in [-0.39, 0.29) is 6.10 Å². The van der Waals surface area contributed by atoms with Gasteiger partial charge in [-0.3, -0.25) is 0 Å². The second-order valence-electron chi connectivity index (χ2n) is 4.61. The average molecular weight is 272 g/mol. The highest BCUT2D eigenvalue weighted by Gasteiger charge is 2.10. The molecule has 102 valence electrons. The van der Waals surface area contributed by atoms with Gasteiger partial charge in [0.25, 0.3) is 0 Å². The van der Waals surface area contributed by atoms with E-state index >= 15 is 0 Å². The van der Waals surface area contributed by atoms with E-state index in [1.165, 1.54) is 0 Å². The number of methoxy groups -OCH3 is 1. The molecule has 1 aromatic carbocycles. The Bertz CT molecular complexity index is 369. The molecule has 0 bridgehead atoms. The number of benzene rings is 1. The Hall–Kier alpha value is -0.770. The van der Waals surface area contributed by atoms with Crippen molar-refractivity contribution in [3.05, 3.63) is 28.8 Å². The standard InChI is InChI=1S/C14H22ClNO2/c1-10(2)16-8-12-13(15)6-5-7-14(12)18-9-11(3)17-4/h5-7,10-11,16H,8-9H2,1-4H3. The summed E-state index contributed by atoms with van der Waals surface area (Å²) in [5, 5.41) is 4.08. The topological polar surface area (TPSA) is 30.5 Å². The molecule has 4 heteroatoms. The van der Waals surface area contributed by atoms with Gasteiger partial charge in [0.1, 0.15) is 12.4 Å². The van der Waals surface area contributed by atoms with E-state index in [0.717, 1.165) is 16.3 Å². The third-order valence-electron chi connectivity index (χ3n) is 2.64. The maximum absolute atomic E-state index is 6.21. The Labute approximate surface area is 114 Å². The lowest BCUT2D eigenvalue weighted by Gasteiger charge is -2.17. The molecule has 1 N–H and O–H groups in total. The Morgan fingerprint density at radius 2 is 2.00 bits per heavy atom. The molecule has 3 nitrogen and oxygen atoms in total. The minimum Gasteiger partial charge on any atom is -0.491 e. The highest BCUT2D eigenvalue weighted by Crippen LogP contribution is 2.26. The lowest BCUT2D eigenvalue weighted by atomic mass is 10.2. The van der Waals surface area contributed by atoms with Gasteiger partial charge in [0.15, 0.2) is 0 Å². The van der Waals surface area contributed by atoms with Crippen molar-refractivity contribution < 1.29 is 9.47 Å². The van der Waals surface area contributed by atoms with Gasteiger partial charge in [-0.1, -0.05) is 31.5 Å². The first-order chi connectivity index (χ1) is 8.54. The van der Waals surface area contributed by atoms with Gasteiger partial charge in [0.2, 0.25) is 0 Å². The van der Waals surface area contributed by atoms with Gasteiger partial charge in [-0.25, -0.2) is 0 Å². The average Bonchev–Trinajstić information content (AvgIpc) is 2.34. The number of ether oxygens (including phenoxy) is 2. The van der Waals surface area contributed by atoms with Crippen LogP contribution in [0, 0.1) is 0 Å². The maximum Gasteiger partial charge on any atom is 0.125 e. The molecule has 0 amide bonds. The van der Waals surface area contributed by atoms with Gasteiger partial charge in [0.05, 0.1) is 6.10 Å². The summed E-state index contributed by atoms with van der Waals surface area (Å²) in [6.45, 7) is 7.39. The van der Waals surface area contributed by atoms with Crippen molar-refractivity contribution in [2.45, 2.75) is 39.5 Å². The molecule has 0 radical (unpaired) electrons. The highest BCUT2D eigenvalue weighted by atomic mass is 35.5. The summed E-state index contributed by atoms with van der Waals surface area (Å²) in [7, 11) is 1.67. The fourth-order valence-corrected chi connectivity index (χ4v) is 1.66. The summed E-state index contributed by atoms with van der Waals surface area (Å²) >= 11 is 6.21. The van der Waals surface area contributed by atoms with Gasteiger partial charge < -0.3 is 14.8 Å². The van der Waals surface area contributed by atoms with Gasteiger partial charge in [0, 0.05) is 30.3 Å². The fourth-order valence-electron chi connectivity index (χ4n) is 1.43. The molecule has 0 aromatic heterocycles. The molecule has 1 unspecified atom stereocenters.